The lowest BCUT2D eigenvalue weighted by Crippen LogP contribution is -2.35. The van der Waals surface area contributed by atoms with Crippen molar-refractivity contribution in [1.82, 2.24) is 9.21 Å². The molecule has 10 nitrogen and oxygen atoms in total. The van der Waals surface area contributed by atoms with Gasteiger partial charge in [-0.15, -0.1) is 11.3 Å². The quantitative estimate of drug-likeness (QED) is 0.611. The number of amides is 2. The average molecular weight is 496 g/mol. The van der Waals surface area contributed by atoms with Crippen LogP contribution in [-0.4, -0.2) is 69.9 Å². The molecule has 2 aromatic rings. The van der Waals surface area contributed by atoms with Gasteiger partial charge >= 0.3 is 12.1 Å². The van der Waals surface area contributed by atoms with Crippen LogP contribution in [-0.2, 0) is 32.5 Å². The fraction of sp³-hybridized carbons (Fsp3) is 0.381. The summed E-state index contributed by atoms with van der Waals surface area (Å²) in [5.41, 5.74) is 1.24. The summed E-state index contributed by atoms with van der Waals surface area (Å²) in [6.07, 6.45) is -0.0488. The number of rotatable bonds is 6. The van der Waals surface area contributed by atoms with E-state index in [1.807, 2.05) is 0 Å². The van der Waals surface area contributed by atoms with Crippen molar-refractivity contribution in [2.45, 2.75) is 24.8 Å². The minimum Gasteiger partial charge on any atom is -0.462 e. The fourth-order valence-electron chi connectivity index (χ4n) is 3.36. The van der Waals surface area contributed by atoms with Crippen molar-refractivity contribution in [3.8, 4) is 0 Å². The summed E-state index contributed by atoms with van der Waals surface area (Å²) < 4.78 is 35.5. The first-order chi connectivity index (χ1) is 15.6. The monoisotopic (exact) mass is 495 g/mol. The van der Waals surface area contributed by atoms with E-state index in [9.17, 15) is 22.8 Å². The van der Waals surface area contributed by atoms with Gasteiger partial charge in [-0.3, -0.25) is 4.79 Å². The predicted molar refractivity (Wildman–Crippen MR) is 122 cm³/mol. The van der Waals surface area contributed by atoms with E-state index >= 15 is 0 Å². The molecule has 1 aromatic heterocycles. The summed E-state index contributed by atoms with van der Waals surface area (Å²) in [6, 6.07) is 5.51. The normalized spacial score (nSPS) is 13.4. The van der Waals surface area contributed by atoms with Crippen molar-refractivity contribution >= 4 is 44.3 Å². The Morgan fingerprint density at radius 2 is 1.85 bits per heavy atom. The summed E-state index contributed by atoms with van der Waals surface area (Å²) in [4.78, 5) is 39.8. The van der Waals surface area contributed by atoms with Crippen LogP contribution in [0.5, 0.6) is 0 Å². The Hall–Kier alpha value is -2.96. The molecular formula is C21H25N3O7S2. The van der Waals surface area contributed by atoms with Gasteiger partial charge in [0.1, 0.15) is 5.00 Å². The molecule has 2 amide bonds. The first kappa shape index (κ1) is 24.7. The van der Waals surface area contributed by atoms with Crippen molar-refractivity contribution in [3.63, 3.8) is 0 Å². The summed E-state index contributed by atoms with van der Waals surface area (Å²) in [5.74, 6) is -1.05. The molecule has 0 fully saturated rings. The van der Waals surface area contributed by atoms with E-state index in [0.29, 0.717) is 18.0 Å². The Balaban J connectivity index is 1.90. The van der Waals surface area contributed by atoms with Gasteiger partial charge in [-0.25, -0.2) is 22.3 Å². The van der Waals surface area contributed by atoms with Crippen LogP contribution in [0.15, 0.2) is 29.2 Å². The Morgan fingerprint density at radius 1 is 1.18 bits per heavy atom. The van der Waals surface area contributed by atoms with Gasteiger partial charge < -0.3 is 19.7 Å². The van der Waals surface area contributed by atoms with Gasteiger partial charge in [-0.2, -0.15) is 0 Å². The first-order valence-corrected chi connectivity index (χ1v) is 12.3. The number of nitrogens with zero attached hydrogens (tertiary/aromatic N) is 2. The van der Waals surface area contributed by atoms with Crippen LogP contribution >= 0.6 is 11.3 Å². The molecule has 1 aliphatic heterocycles. The lowest BCUT2D eigenvalue weighted by molar-refractivity contribution is 0.0526. The number of thiophene rings is 1. The standard InChI is InChI=1S/C21H25N3O7S2/c1-5-31-20(26)17-15-10-11-24(21(27)30-4)12-16(15)32-19(17)22-18(25)13-6-8-14(9-7-13)33(28,29)23(2)3/h6-9H,5,10-12H2,1-4H3,(H,22,25). The number of carbonyl (C=O) groups excluding carboxylic acids is 3. The van der Waals surface area contributed by atoms with Crippen LogP contribution < -0.4 is 5.32 Å². The zero-order valence-corrected chi connectivity index (χ0v) is 20.3. The van der Waals surface area contributed by atoms with Crippen LogP contribution in [0.25, 0.3) is 0 Å². The summed E-state index contributed by atoms with van der Waals surface area (Å²) in [6.45, 7) is 2.49. The third-order valence-electron chi connectivity index (χ3n) is 5.09. The van der Waals surface area contributed by atoms with Crippen LogP contribution in [0.2, 0.25) is 0 Å². The summed E-state index contributed by atoms with van der Waals surface area (Å²) in [7, 11) is 0.530. The maximum absolute atomic E-state index is 12.9. The lowest BCUT2D eigenvalue weighted by atomic mass is 10.0. The highest BCUT2D eigenvalue weighted by Crippen LogP contribution is 2.38. The topological polar surface area (TPSA) is 122 Å². The highest BCUT2D eigenvalue weighted by atomic mass is 32.2. The fourth-order valence-corrected chi connectivity index (χ4v) is 5.51. The third-order valence-corrected chi connectivity index (χ3v) is 8.05. The van der Waals surface area contributed by atoms with Gasteiger partial charge in [0, 0.05) is 31.1 Å². The molecule has 0 bridgehead atoms. The Bertz CT molecular complexity index is 1170. The second kappa shape index (κ2) is 9.89. The van der Waals surface area contributed by atoms with Crippen molar-refractivity contribution in [1.29, 1.82) is 0 Å². The van der Waals surface area contributed by atoms with Crippen molar-refractivity contribution in [2.24, 2.45) is 0 Å². The molecule has 178 valence electrons. The molecule has 0 radical (unpaired) electrons. The predicted octanol–water partition coefficient (Wildman–Crippen LogP) is 2.55. The molecule has 0 saturated heterocycles. The van der Waals surface area contributed by atoms with Crippen LogP contribution in [0.3, 0.4) is 0 Å². The molecule has 2 heterocycles. The molecular weight excluding hydrogens is 470 g/mol. The van der Waals surface area contributed by atoms with E-state index in [1.54, 1.807) is 6.92 Å². The molecule has 0 atom stereocenters. The van der Waals surface area contributed by atoms with Crippen molar-refractivity contribution < 1.29 is 32.3 Å². The minimum absolute atomic E-state index is 0.0609. The first-order valence-electron chi connectivity index (χ1n) is 10.1. The van der Waals surface area contributed by atoms with Gasteiger partial charge in [0.25, 0.3) is 5.91 Å². The zero-order valence-electron chi connectivity index (χ0n) is 18.7. The van der Waals surface area contributed by atoms with Crippen LogP contribution in [0.4, 0.5) is 9.80 Å². The van der Waals surface area contributed by atoms with Gasteiger partial charge in [-0.05, 0) is 43.2 Å². The number of hydrogen-bond acceptors (Lipinski definition) is 8. The Kier molecular flexibility index (Phi) is 7.40. The largest absolute Gasteiger partial charge is 0.462 e. The molecule has 12 heteroatoms. The second-order valence-electron chi connectivity index (χ2n) is 7.34. The Morgan fingerprint density at radius 3 is 2.42 bits per heavy atom. The van der Waals surface area contributed by atoms with Crippen molar-refractivity contribution in [3.05, 3.63) is 45.8 Å². The summed E-state index contributed by atoms with van der Waals surface area (Å²) >= 11 is 1.20. The SMILES string of the molecule is CCOC(=O)c1c(NC(=O)c2ccc(S(=O)(=O)N(C)C)cc2)sc2c1CCN(C(=O)OC)C2. The minimum atomic E-state index is -3.62. The molecule has 0 unspecified atom stereocenters. The van der Waals surface area contributed by atoms with Crippen LogP contribution in [0, 0.1) is 0 Å². The van der Waals surface area contributed by atoms with Gasteiger partial charge in [0.2, 0.25) is 10.0 Å². The molecule has 0 saturated carbocycles. The number of esters is 1. The Labute approximate surface area is 196 Å². The van der Waals surface area contributed by atoms with E-state index in [1.165, 1.54) is 61.7 Å². The lowest BCUT2D eigenvalue weighted by Gasteiger charge is -2.25. The van der Waals surface area contributed by atoms with E-state index in [4.69, 9.17) is 9.47 Å². The number of fused-ring (bicyclic) bond motifs is 1. The van der Waals surface area contributed by atoms with Crippen LogP contribution in [0.1, 0.15) is 38.1 Å². The maximum Gasteiger partial charge on any atom is 0.409 e. The van der Waals surface area contributed by atoms with Crippen molar-refractivity contribution in [2.75, 3.05) is 39.7 Å². The van der Waals surface area contributed by atoms with E-state index < -0.39 is 28.0 Å². The molecule has 0 spiro atoms. The number of hydrogen-bond donors (Lipinski definition) is 1. The molecule has 1 aliphatic rings. The third kappa shape index (κ3) is 5.02. The number of methoxy groups -OCH3 is 1. The highest BCUT2D eigenvalue weighted by Gasteiger charge is 2.31. The smallest absolute Gasteiger partial charge is 0.409 e. The van der Waals surface area contributed by atoms with Gasteiger partial charge in [0.15, 0.2) is 0 Å². The van der Waals surface area contributed by atoms with E-state index in [2.05, 4.69) is 5.32 Å². The second-order valence-corrected chi connectivity index (χ2v) is 10.6. The molecule has 1 aromatic carbocycles. The molecule has 0 aliphatic carbocycles. The van der Waals surface area contributed by atoms with E-state index in [0.717, 1.165) is 14.7 Å². The zero-order chi connectivity index (χ0) is 24.3. The molecule has 1 N–H and O–H groups in total. The maximum atomic E-state index is 12.9. The summed E-state index contributed by atoms with van der Waals surface area (Å²) in [5, 5.41) is 3.07. The number of nitrogens with one attached hydrogen (secondary N) is 1. The van der Waals surface area contributed by atoms with E-state index in [-0.39, 0.29) is 29.2 Å². The number of carbonyl (C=O) groups is 3. The molecule has 33 heavy (non-hydrogen) atoms. The number of anilines is 1. The number of ether oxygens (including phenoxy) is 2. The number of benzene rings is 1. The van der Waals surface area contributed by atoms with Gasteiger partial charge in [-0.1, -0.05) is 0 Å². The number of sulfonamides is 1. The highest BCUT2D eigenvalue weighted by molar-refractivity contribution is 7.89. The van der Waals surface area contributed by atoms with Gasteiger partial charge in [0.05, 0.1) is 30.7 Å². The average Bonchev–Trinajstić information content (AvgIpc) is 3.15. The molecule has 3 rings (SSSR count).